The molecule has 0 aliphatic carbocycles. The summed E-state index contributed by atoms with van der Waals surface area (Å²) in [6.07, 6.45) is 2.59. The average Bonchev–Trinajstić information content (AvgIpc) is 2.67. The second kappa shape index (κ2) is 4.29. The highest BCUT2D eigenvalue weighted by atomic mass is 32.1. The smallest absolute Gasteiger partial charge is 0.332 e. The fraction of sp³-hybridized carbons (Fsp3) is 0.125. The highest BCUT2D eigenvalue weighted by Crippen LogP contribution is 2.14. The van der Waals surface area contributed by atoms with Gasteiger partial charge in [-0.15, -0.1) is 5.10 Å². The van der Waals surface area contributed by atoms with Crippen LogP contribution < -0.4 is 11.2 Å². The minimum Gasteiger partial charge on any atom is -0.388 e. The molecule has 0 amide bonds. The second-order valence-corrected chi connectivity index (χ2v) is 3.99. The number of aromatic nitrogens is 3. The molecule has 0 saturated carbocycles. The van der Waals surface area contributed by atoms with E-state index in [1.807, 2.05) is 0 Å². The number of pyridine rings is 1. The van der Waals surface area contributed by atoms with Crippen molar-refractivity contribution in [3.63, 3.8) is 0 Å². The highest BCUT2D eigenvalue weighted by molar-refractivity contribution is 7.09. The zero-order chi connectivity index (χ0) is 12.4. The maximum absolute atomic E-state index is 11.2. The third kappa shape index (κ3) is 2.28. The van der Waals surface area contributed by atoms with Crippen LogP contribution in [0.15, 0.2) is 23.3 Å². The first-order valence-electron chi connectivity index (χ1n) is 4.49. The van der Waals surface area contributed by atoms with E-state index in [0.29, 0.717) is 10.7 Å². The minimum absolute atomic E-state index is 0.240. The van der Waals surface area contributed by atoms with E-state index >= 15 is 0 Å². The van der Waals surface area contributed by atoms with Crippen molar-refractivity contribution < 1.29 is 4.92 Å². The van der Waals surface area contributed by atoms with Crippen LogP contribution >= 0.6 is 11.5 Å². The zero-order valence-corrected chi connectivity index (χ0v) is 9.25. The molecule has 2 rings (SSSR count). The largest absolute Gasteiger partial charge is 0.388 e. The molecule has 0 spiro atoms. The molecule has 0 radical (unpaired) electrons. The van der Waals surface area contributed by atoms with E-state index < -0.39 is 16.0 Å². The number of nitrogen functional groups attached to an aromatic ring is 1. The first kappa shape index (κ1) is 11.2. The lowest BCUT2D eigenvalue weighted by Gasteiger charge is -2.03. The van der Waals surface area contributed by atoms with E-state index in [-0.39, 0.29) is 6.54 Å². The molecule has 8 nitrogen and oxygen atoms in total. The van der Waals surface area contributed by atoms with Gasteiger partial charge in [0.05, 0.1) is 17.7 Å². The van der Waals surface area contributed by atoms with Crippen LogP contribution in [0.25, 0.3) is 0 Å². The molecule has 0 bridgehead atoms. The van der Waals surface area contributed by atoms with Crippen molar-refractivity contribution in [2.45, 2.75) is 6.54 Å². The predicted molar refractivity (Wildman–Crippen MR) is 60.8 cm³/mol. The van der Waals surface area contributed by atoms with E-state index in [1.165, 1.54) is 10.8 Å². The third-order valence-electron chi connectivity index (χ3n) is 2.07. The minimum atomic E-state index is -0.721. The molecule has 0 fully saturated rings. The van der Waals surface area contributed by atoms with Gasteiger partial charge >= 0.3 is 5.69 Å². The third-order valence-corrected chi connectivity index (χ3v) is 2.67. The van der Waals surface area contributed by atoms with E-state index in [4.69, 9.17) is 5.73 Å². The van der Waals surface area contributed by atoms with Gasteiger partial charge in [-0.25, -0.2) is 0 Å². The summed E-state index contributed by atoms with van der Waals surface area (Å²) < 4.78 is 5.12. The molecule has 2 heterocycles. The molecule has 2 aromatic rings. The van der Waals surface area contributed by atoms with Gasteiger partial charge in [0.25, 0.3) is 5.43 Å². The Morgan fingerprint density at radius 3 is 2.94 bits per heavy atom. The van der Waals surface area contributed by atoms with Crippen molar-refractivity contribution in [3.8, 4) is 0 Å². The van der Waals surface area contributed by atoms with E-state index in [0.717, 1.165) is 23.8 Å². The number of hydrogen-bond donors (Lipinski definition) is 1. The summed E-state index contributed by atoms with van der Waals surface area (Å²) in [5.41, 5.74) is 5.02. The van der Waals surface area contributed by atoms with Crippen LogP contribution in [0.3, 0.4) is 0 Å². The summed E-state index contributed by atoms with van der Waals surface area (Å²) in [7, 11) is 0. The molecule has 0 atom stereocenters. The van der Waals surface area contributed by atoms with Crippen molar-refractivity contribution in [1.82, 2.24) is 14.2 Å². The number of anilines is 1. The van der Waals surface area contributed by atoms with Crippen molar-refractivity contribution in [1.29, 1.82) is 0 Å². The maximum atomic E-state index is 11.2. The van der Waals surface area contributed by atoms with Gasteiger partial charge in [0.2, 0.25) is 0 Å². The Hall–Kier alpha value is -2.29. The van der Waals surface area contributed by atoms with Gasteiger partial charge in [0.15, 0.2) is 0 Å². The zero-order valence-electron chi connectivity index (χ0n) is 8.44. The Morgan fingerprint density at radius 1 is 1.59 bits per heavy atom. The molecule has 0 aromatic carbocycles. The summed E-state index contributed by atoms with van der Waals surface area (Å²) in [6, 6.07) is 1.13. The van der Waals surface area contributed by atoms with E-state index in [9.17, 15) is 14.9 Å². The Kier molecular flexibility index (Phi) is 2.83. The summed E-state index contributed by atoms with van der Waals surface area (Å²) in [6.45, 7) is 0.240. The average molecular weight is 253 g/mol. The first-order chi connectivity index (χ1) is 8.08. The van der Waals surface area contributed by atoms with Gasteiger partial charge in [-0.05, 0) is 0 Å². The molecule has 88 valence electrons. The molecule has 2 N–H and O–H groups in total. The van der Waals surface area contributed by atoms with Crippen LogP contribution in [0.2, 0.25) is 0 Å². The molecule has 0 saturated heterocycles. The summed E-state index contributed by atoms with van der Waals surface area (Å²) in [5.74, 6) is 0. The molecule has 0 aliphatic heterocycles. The van der Waals surface area contributed by atoms with Gasteiger partial charge in [-0.2, -0.15) is 0 Å². The van der Waals surface area contributed by atoms with Crippen LogP contribution in [0.1, 0.15) is 5.69 Å². The van der Waals surface area contributed by atoms with Crippen LogP contribution in [-0.2, 0) is 6.54 Å². The van der Waals surface area contributed by atoms with Crippen LogP contribution in [0, 0.1) is 10.1 Å². The second-order valence-electron chi connectivity index (χ2n) is 3.21. The van der Waals surface area contributed by atoms with Crippen molar-refractivity contribution in [2.24, 2.45) is 0 Å². The number of nitrogens with zero attached hydrogens (tertiary/aromatic N) is 4. The monoisotopic (exact) mass is 253 g/mol. The van der Waals surface area contributed by atoms with Gasteiger partial charge < -0.3 is 10.3 Å². The van der Waals surface area contributed by atoms with Crippen molar-refractivity contribution >= 4 is 22.2 Å². The summed E-state index contributed by atoms with van der Waals surface area (Å²) in [5, 5.41) is 14.8. The molecule has 0 aliphatic rings. The molecular weight excluding hydrogens is 246 g/mol. The maximum Gasteiger partial charge on any atom is 0.332 e. The van der Waals surface area contributed by atoms with Gasteiger partial charge in [0.1, 0.15) is 10.7 Å². The Bertz CT molecular complexity index is 620. The SMILES string of the molecule is Nc1snnc1Cn1ccc(=O)c([N+](=O)[O-])c1. The molecule has 0 unspecified atom stereocenters. The van der Waals surface area contributed by atoms with Crippen LogP contribution in [0.4, 0.5) is 10.7 Å². The number of rotatable bonds is 3. The van der Waals surface area contributed by atoms with Gasteiger partial charge in [0, 0.05) is 23.8 Å². The lowest BCUT2D eigenvalue weighted by Crippen LogP contribution is -2.12. The molecular formula is C8H7N5O3S. The van der Waals surface area contributed by atoms with Crippen LogP contribution in [-0.4, -0.2) is 19.1 Å². The lowest BCUT2D eigenvalue weighted by molar-refractivity contribution is -0.386. The van der Waals surface area contributed by atoms with Gasteiger partial charge in [-0.3, -0.25) is 14.9 Å². The molecule has 2 aromatic heterocycles. The quantitative estimate of drug-likeness (QED) is 0.618. The summed E-state index contributed by atoms with van der Waals surface area (Å²) >= 11 is 1.05. The number of nitro groups is 1. The highest BCUT2D eigenvalue weighted by Gasteiger charge is 2.12. The van der Waals surface area contributed by atoms with E-state index in [1.54, 1.807) is 0 Å². The fourth-order valence-electron chi connectivity index (χ4n) is 1.25. The fourth-order valence-corrected chi connectivity index (χ4v) is 1.68. The standard InChI is InChI=1S/C8H7N5O3S/c9-8-5(10-11-17-8)3-12-2-1-7(14)6(4-12)13(15)16/h1-2,4H,3,9H2. The lowest BCUT2D eigenvalue weighted by atomic mass is 10.3. The Morgan fingerprint density at radius 2 is 2.35 bits per heavy atom. The normalized spacial score (nSPS) is 10.4. The van der Waals surface area contributed by atoms with Gasteiger partial charge in [-0.1, -0.05) is 4.49 Å². The summed E-state index contributed by atoms with van der Waals surface area (Å²) in [4.78, 5) is 21.0. The number of nitrogens with two attached hydrogens (primary N) is 1. The van der Waals surface area contributed by atoms with Crippen molar-refractivity contribution in [2.75, 3.05) is 5.73 Å². The Balaban J connectivity index is 2.35. The first-order valence-corrected chi connectivity index (χ1v) is 5.26. The predicted octanol–water partition coefficient (Wildman–Crippen LogP) is 0.239. The van der Waals surface area contributed by atoms with Crippen molar-refractivity contribution in [3.05, 3.63) is 44.5 Å². The topological polar surface area (TPSA) is 117 Å². The molecule has 9 heteroatoms. The van der Waals surface area contributed by atoms with E-state index in [2.05, 4.69) is 9.59 Å². The van der Waals surface area contributed by atoms with Crippen LogP contribution in [0.5, 0.6) is 0 Å². The molecule has 17 heavy (non-hydrogen) atoms. The Labute approximate surface area is 98.6 Å². The number of hydrogen-bond acceptors (Lipinski definition) is 7.